The van der Waals surface area contributed by atoms with Gasteiger partial charge in [-0.25, -0.2) is 4.79 Å². The van der Waals surface area contributed by atoms with Gasteiger partial charge in [-0.3, -0.25) is 24.0 Å². The summed E-state index contributed by atoms with van der Waals surface area (Å²) in [7, 11) is 0. The summed E-state index contributed by atoms with van der Waals surface area (Å²) in [5, 5.41) is 34.8. The average Bonchev–Trinajstić information content (AvgIpc) is 2.76. The van der Waals surface area contributed by atoms with Gasteiger partial charge >= 0.3 is 11.9 Å². The Morgan fingerprint density at radius 1 is 0.833 bits per heavy atom. The molecule has 0 aliphatic rings. The lowest BCUT2D eigenvalue weighted by Crippen LogP contribution is -2.58. The molecule has 0 aromatic heterocycles. The standard InChI is InChI=1S/C22H31N5O9/c1-10(2)18(22(35)36)27-21(34)14(7-11-3-5-12(28)6-4-11)26-20(33)15(9-17(30)31)25-19(32)13(23)8-16(24)29/h3-6,10,13-15,18,28H,7-9,23H2,1-2H3,(H2,24,29)(H,25,32)(H,26,33)(H,27,34)(H,30,31)(H,35,36). The highest BCUT2D eigenvalue weighted by Gasteiger charge is 2.32. The lowest BCUT2D eigenvalue weighted by Gasteiger charge is -2.25. The van der Waals surface area contributed by atoms with Gasteiger partial charge in [0.1, 0.15) is 23.9 Å². The summed E-state index contributed by atoms with van der Waals surface area (Å²) >= 11 is 0. The molecule has 10 N–H and O–H groups in total. The molecule has 198 valence electrons. The Hall–Kier alpha value is -4.20. The summed E-state index contributed by atoms with van der Waals surface area (Å²) in [6, 6.07) is -0.152. The first-order valence-electron chi connectivity index (χ1n) is 10.9. The molecule has 0 aliphatic heterocycles. The van der Waals surface area contributed by atoms with E-state index in [0.29, 0.717) is 5.56 Å². The minimum Gasteiger partial charge on any atom is -0.508 e. The van der Waals surface area contributed by atoms with Crippen molar-refractivity contribution in [2.75, 3.05) is 0 Å². The maximum atomic E-state index is 13.0. The van der Waals surface area contributed by atoms with Crippen LogP contribution in [0.1, 0.15) is 32.3 Å². The molecule has 0 heterocycles. The van der Waals surface area contributed by atoms with Gasteiger partial charge in [0, 0.05) is 6.42 Å². The highest BCUT2D eigenvalue weighted by Crippen LogP contribution is 2.12. The molecule has 0 saturated heterocycles. The maximum absolute atomic E-state index is 13.0. The van der Waals surface area contributed by atoms with Gasteiger partial charge in [-0.2, -0.15) is 0 Å². The molecular formula is C22H31N5O9. The molecular weight excluding hydrogens is 478 g/mol. The van der Waals surface area contributed by atoms with Crippen LogP contribution < -0.4 is 27.4 Å². The number of phenolic OH excluding ortho intramolecular Hbond substituents is 1. The van der Waals surface area contributed by atoms with Crippen LogP contribution in [0.2, 0.25) is 0 Å². The number of rotatable bonds is 14. The Labute approximate surface area is 206 Å². The predicted octanol–water partition coefficient (Wildman–Crippen LogP) is -2.19. The lowest BCUT2D eigenvalue weighted by molar-refractivity contribution is -0.144. The Kier molecular flexibility index (Phi) is 11.3. The second-order valence-electron chi connectivity index (χ2n) is 8.44. The smallest absolute Gasteiger partial charge is 0.326 e. The van der Waals surface area contributed by atoms with Gasteiger partial charge < -0.3 is 42.7 Å². The number of nitrogens with two attached hydrogens (primary N) is 2. The molecule has 0 bridgehead atoms. The third kappa shape index (κ3) is 9.97. The Morgan fingerprint density at radius 2 is 1.36 bits per heavy atom. The fourth-order valence-electron chi connectivity index (χ4n) is 3.09. The number of aliphatic carboxylic acids is 2. The number of carboxylic acids is 2. The van der Waals surface area contributed by atoms with Crippen LogP contribution in [0.4, 0.5) is 0 Å². The van der Waals surface area contributed by atoms with Gasteiger partial charge in [0.05, 0.1) is 18.9 Å². The zero-order chi connectivity index (χ0) is 27.6. The Balaban J connectivity index is 3.17. The van der Waals surface area contributed by atoms with E-state index < -0.39 is 78.5 Å². The van der Waals surface area contributed by atoms with Crippen molar-refractivity contribution in [3.8, 4) is 5.75 Å². The number of benzene rings is 1. The van der Waals surface area contributed by atoms with E-state index in [2.05, 4.69) is 16.0 Å². The average molecular weight is 510 g/mol. The molecule has 1 rings (SSSR count). The molecule has 4 amide bonds. The largest absolute Gasteiger partial charge is 0.508 e. The van der Waals surface area contributed by atoms with Crippen molar-refractivity contribution in [1.82, 2.24) is 16.0 Å². The van der Waals surface area contributed by atoms with E-state index in [1.165, 1.54) is 24.3 Å². The number of phenols is 1. The van der Waals surface area contributed by atoms with Crippen molar-refractivity contribution in [3.05, 3.63) is 29.8 Å². The molecule has 0 fully saturated rings. The van der Waals surface area contributed by atoms with Crippen LogP contribution in [0.25, 0.3) is 0 Å². The van der Waals surface area contributed by atoms with Crippen LogP contribution in [0.15, 0.2) is 24.3 Å². The van der Waals surface area contributed by atoms with Gasteiger partial charge in [-0.15, -0.1) is 0 Å². The number of primary amides is 1. The van der Waals surface area contributed by atoms with Crippen molar-refractivity contribution in [3.63, 3.8) is 0 Å². The van der Waals surface area contributed by atoms with E-state index in [4.69, 9.17) is 11.5 Å². The number of carbonyl (C=O) groups is 6. The molecule has 36 heavy (non-hydrogen) atoms. The van der Waals surface area contributed by atoms with Crippen molar-refractivity contribution in [1.29, 1.82) is 0 Å². The zero-order valence-electron chi connectivity index (χ0n) is 19.8. The summed E-state index contributed by atoms with van der Waals surface area (Å²) in [6.45, 7) is 3.14. The summed E-state index contributed by atoms with van der Waals surface area (Å²) in [6.07, 6.45) is -1.58. The zero-order valence-corrected chi connectivity index (χ0v) is 19.8. The van der Waals surface area contributed by atoms with Gasteiger partial charge in [0.15, 0.2) is 0 Å². The number of hydrogen-bond donors (Lipinski definition) is 8. The molecule has 1 aromatic carbocycles. The first-order chi connectivity index (χ1) is 16.7. The number of carboxylic acid groups (broad SMARTS) is 2. The number of amides is 4. The fraction of sp³-hybridized carbons (Fsp3) is 0.455. The van der Waals surface area contributed by atoms with Crippen molar-refractivity contribution in [2.24, 2.45) is 17.4 Å². The number of hydrogen-bond acceptors (Lipinski definition) is 8. The van der Waals surface area contributed by atoms with Crippen LogP contribution in [-0.2, 0) is 35.2 Å². The molecule has 0 radical (unpaired) electrons. The number of carbonyl (C=O) groups excluding carboxylic acids is 4. The van der Waals surface area contributed by atoms with Crippen molar-refractivity contribution >= 4 is 35.6 Å². The van der Waals surface area contributed by atoms with Crippen LogP contribution in [-0.4, -0.2) is 75.1 Å². The predicted molar refractivity (Wildman–Crippen MR) is 124 cm³/mol. The third-order valence-electron chi connectivity index (χ3n) is 5.01. The molecule has 14 heteroatoms. The second kappa shape index (κ2) is 13.6. The van der Waals surface area contributed by atoms with Crippen molar-refractivity contribution < 1.29 is 44.1 Å². The topological polar surface area (TPSA) is 251 Å². The van der Waals surface area contributed by atoms with E-state index in [1.807, 2.05) is 0 Å². The third-order valence-corrected chi connectivity index (χ3v) is 5.01. The monoisotopic (exact) mass is 509 g/mol. The summed E-state index contributed by atoms with van der Waals surface area (Å²) < 4.78 is 0. The summed E-state index contributed by atoms with van der Waals surface area (Å²) in [5.41, 5.74) is 11.0. The summed E-state index contributed by atoms with van der Waals surface area (Å²) in [4.78, 5) is 71.9. The van der Waals surface area contributed by atoms with E-state index in [0.717, 1.165) is 0 Å². The molecule has 1 aromatic rings. The quantitative estimate of drug-likeness (QED) is 0.134. The van der Waals surface area contributed by atoms with E-state index in [1.54, 1.807) is 13.8 Å². The second-order valence-corrected chi connectivity index (χ2v) is 8.44. The van der Waals surface area contributed by atoms with Gasteiger partial charge in [-0.1, -0.05) is 26.0 Å². The van der Waals surface area contributed by atoms with Crippen LogP contribution in [0, 0.1) is 5.92 Å². The van der Waals surface area contributed by atoms with E-state index in [-0.39, 0.29) is 12.2 Å². The lowest BCUT2D eigenvalue weighted by atomic mass is 10.0. The Morgan fingerprint density at radius 3 is 1.83 bits per heavy atom. The Bertz CT molecular complexity index is 981. The SMILES string of the molecule is CC(C)C(NC(=O)C(Cc1ccc(O)cc1)NC(=O)C(CC(=O)O)NC(=O)C(N)CC(N)=O)C(=O)O. The van der Waals surface area contributed by atoms with Gasteiger partial charge in [0.2, 0.25) is 23.6 Å². The highest BCUT2D eigenvalue weighted by atomic mass is 16.4. The van der Waals surface area contributed by atoms with Crippen LogP contribution >= 0.6 is 0 Å². The highest BCUT2D eigenvalue weighted by molar-refractivity contribution is 5.96. The minimum atomic E-state index is -1.68. The molecule has 0 aliphatic carbocycles. The van der Waals surface area contributed by atoms with Crippen LogP contribution in [0.3, 0.4) is 0 Å². The summed E-state index contributed by atoms with van der Waals surface area (Å²) in [5.74, 6) is -7.14. The molecule has 4 unspecified atom stereocenters. The molecule has 4 atom stereocenters. The van der Waals surface area contributed by atoms with Gasteiger partial charge in [0.25, 0.3) is 0 Å². The maximum Gasteiger partial charge on any atom is 0.326 e. The van der Waals surface area contributed by atoms with Gasteiger partial charge in [-0.05, 0) is 23.6 Å². The van der Waals surface area contributed by atoms with Crippen LogP contribution in [0.5, 0.6) is 5.75 Å². The van der Waals surface area contributed by atoms with E-state index >= 15 is 0 Å². The first-order valence-corrected chi connectivity index (χ1v) is 10.9. The normalized spacial score (nSPS) is 14.1. The first kappa shape index (κ1) is 29.8. The molecule has 0 spiro atoms. The molecule has 14 nitrogen and oxygen atoms in total. The minimum absolute atomic E-state index is 0.0499. The fourth-order valence-corrected chi connectivity index (χ4v) is 3.09. The number of aromatic hydroxyl groups is 1. The van der Waals surface area contributed by atoms with Crippen molar-refractivity contribution in [2.45, 2.75) is 57.3 Å². The number of nitrogens with one attached hydrogen (secondary N) is 3. The van der Waals surface area contributed by atoms with E-state index in [9.17, 15) is 44.1 Å². The molecule has 0 saturated carbocycles.